The van der Waals surface area contributed by atoms with Gasteiger partial charge in [-0.3, -0.25) is 4.79 Å². The molecule has 0 fully saturated rings. The third-order valence-corrected chi connectivity index (χ3v) is 3.14. The monoisotopic (exact) mass is 293 g/mol. The van der Waals surface area contributed by atoms with E-state index in [0.29, 0.717) is 24.5 Å². The molecule has 0 saturated carbocycles. The summed E-state index contributed by atoms with van der Waals surface area (Å²) in [6.07, 6.45) is 0. The van der Waals surface area contributed by atoms with E-state index in [1.807, 2.05) is 13.8 Å². The maximum absolute atomic E-state index is 12.0. The predicted octanol–water partition coefficient (Wildman–Crippen LogP) is 2.07. The smallest absolute Gasteiger partial charge is 0.319 e. The highest BCUT2D eigenvalue weighted by Crippen LogP contribution is 2.14. The molecule has 1 rings (SSSR count). The summed E-state index contributed by atoms with van der Waals surface area (Å²) in [7, 11) is 1.58. The predicted molar refractivity (Wildman–Crippen MR) is 82.5 cm³/mol. The first-order valence-electron chi connectivity index (χ1n) is 7.02. The Hall–Kier alpha value is -2.24. The molecule has 3 amide bonds. The Balaban J connectivity index is 2.54. The second kappa shape index (κ2) is 8.14. The van der Waals surface area contributed by atoms with Gasteiger partial charge in [-0.1, -0.05) is 0 Å². The van der Waals surface area contributed by atoms with E-state index in [9.17, 15) is 9.59 Å². The summed E-state index contributed by atoms with van der Waals surface area (Å²) < 4.78 is 5.04. The molecule has 0 aliphatic carbocycles. The molecule has 0 aliphatic heterocycles. The molecule has 0 aromatic heterocycles. The van der Waals surface area contributed by atoms with E-state index >= 15 is 0 Å². The van der Waals surface area contributed by atoms with E-state index in [2.05, 4.69) is 10.6 Å². The second-order valence-corrected chi connectivity index (χ2v) is 4.56. The van der Waals surface area contributed by atoms with Gasteiger partial charge in [-0.05, 0) is 45.0 Å². The molecule has 0 aliphatic rings. The number of urea groups is 1. The number of amides is 3. The number of methoxy groups -OCH3 is 1. The molecule has 0 saturated heterocycles. The fraction of sp³-hybridized carbons (Fsp3) is 0.467. The van der Waals surface area contributed by atoms with Gasteiger partial charge in [0.05, 0.1) is 7.11 Å². The summed E-state index contributed by atoms with van der Waals surface area (Å²) in [6.45, 7) is 6.74. The molecule has 1 unspecified atom stereocenters. The summed E-state index contributed by atoms with van der Waals surface area (Å²) in [6, 6.07) is 5.99. The molecule has 0 radical (unpaired) electrons. The van der Waals surface area contributed by atoms with Crippen molar-refractivity contribution in [2.75, 3.05) is 25.5 Å². The number of rotatable bonds is 6. The molecule has 0 spiro atoms. The summed E-state index contributed by atoms with van der Waals surface area (Å²) in [5.74, 6) is 0.621. The Morgan fingerprint density at radius 1 is 1.19 bits per heavy atom. The lowest BCUT2D eigenvalue weighted by Gasteiger charge is -2.23. The number of carbonyl (C=O) groups is 2. The van der Waals surface area contributed by atoms with Crippen LogP contribution < -0.4 is 15.4 Å². The van der Waals surface area contributed by atoms with E-state index in [-0.39, 0.29) is 5.91 Å². The average Bonchev–Trinajstić information content (AvgIpc) is 2.49. The highest BCUT2D eigenvalue weighted by atomic mass is 16.5. The van der Waals surface area contributed by atoms with Gasteiger partial charge in [0.15, 0.2) is 0 Å². The maximum atomic E-state index is 12.0. The van der Waals surface area contributed by atoms with Crippen molar-refractivity contribution in [2.45, 2.75) is 26.8 Å². The largest absolute Gasteiger partial charge is 0.497 e. The van der Waals surface area contributed by atoms with Gasteiger partial charge in [-0.15, -0.1) is 0 Å². The number of hydrogen-bond acceptors (Lipinski definition) is 3. The molecule has 6 heteroatoms. The van der Waals surface area contributed by atoms with Gasteiger partial charge < -0.3 is 20.3 Å². The first-order valence-corrected chi connectivity index (χ1v) is 7.02. The summed E-state index contributed by atoms with van der Waals surface area (Å²) >= 11 is 0. The van der Waals surface area contributed by atoms with Gasteiger partial charge in [0.25, 0.3) is 0 Å². The van der Waals surface area contributed by atoms with Gasteiger partial charge in [0.2, 0.25) is 5.91 Å². The fourth-order valence-corrected chi connectivity index (χ4v) is 1.91. The Labute approximate surface area is 125 Å². The van der Waals surface area contributed by atoms with Crippen LogP contribution in [0.25, 0.3) is 0 Å². The SMILES string of the molecule is CCN(CC)C(=O)C(C)NC(=O)Nc1ccc(OC)cc1. The third kappa shape index (κ3) is 4.98. The van der Waals surface area contributed by atoms with Gasteiger partial charge in [0, 0.05) is 18.8 Å². The third-order valence-electron chi connectivity index (χ3n) is 3.14. The van der Waals surface area contributed by atoms with Gasteiger partial charge in [-0.2, -0.15) is 0 Å². The van der Waals surface area contributed by atoms with Gasteiger partial charge in [-0.25, -0.2) is 4.79 Å². The number of ether oxygens (including phenoxy) is 1. The Morgan fingerprint density at radius 3 is 2.24 bits per heavy atom. The molecular weight excluding hydrogens is 270 g/mol. The standard InChI is InChI=1S/C15H23N3O3/c1-5-18(6-2)14(19)11(3)16-15(20)17-12-7-9-13(21-4)10-8-12/h7-11H,5-6H2,1-4H3,(H2,16,17,20). The van der Waals surface area contributed by atoms with Crippen LogP contribution in [0.5, 0.6) is 5.75 Å². The average molecular weight is 293 g/mol. The minimum Gasteiger partial charge on any atom is -0.497 e. The van der Waals surface area contributed by atoms with E-state index < -0.39 is 12.1 Å². The highest BCUT2D eigenvalue weighted by Gasteiger charge is 2.19. The summed E-state index contributed by atoms with van der Waals surface area (Å²) in [5, 5.41) is 5.31. The van der Waals surface area contributed by atoms with E-state index in [4.69, 9.17) is 4.74 Å². The van der Waals surface area contributed by atoms with Crippen molar-refractivity contribution in [3.05, 3.63) is 24.3 Å². The van der Waals surface area contributed by atoms with Crippen molar-refractivity contribution in [3.63, 3.8) is 0 Å². The minimum absolute atomic E-state index is 0.0927. The van der Waals surface area contributed by atoms with Crippen LogP contribution in [0.2, 0.25) is 0 Å². The van der Waals surface area contributed by atoms with Crippen molar-refractivity contribution in [1.29, 1.82) is 0 Å². The van der Waals surface area contributed by atoms with E-state index in [1.54, 1.807) is 43.2 Å². The van der Waals surface area contributed by atoms with Crippen molar-refractivity contribution in [3.8, 4) is 5.75 Å². The first kappa shape index (κ1) is 16.8. The van der Waals surface area contributed by atoms with Crippen LogP contribution >= 0.6 is 0 Å². The lowest BCUT2D eigenvalue weighted by atomic mass is 10.3. The Kier molecular flexibility index (Phi) is 6.52. The van der Waals surface area contributed by atoms with Gasteiger partial charge in [0.1, 0.15) is 11.8 Å². The highest BCUT2D eigenvalue weighted by molar-refractivity contribution is 5.93. The zero-order valence-corrected chi connectivity index (χ0v) is 13.0. The molecule has 0 bridgehead atoms. The molecule has 2 N–H and O–H groups in total. The molecule has 21 heavy (non-hydrogen) atoms. The number of hydrogen-bond donors (Lipinski definition) is 2. The lowest BCUT2D eigenvalue weighted by Crippen LogP contribution is -2.48. The Morgan fingerprint density at radius 2 is 1.76 bits per heavy atom. The quantitative estimate of drug-likeness (QED) is 0.843. The summed E-state index contributed by atoms with van der Waals surface area (Å²) in [5.41, 5.74) is 0.635. The lowest BCUT2D eigenvalue weighted by molar-refractivity contribution is -0.132. The van der Waals surface area contributed by atoms with Crippen LogP contribution in [0, 0.1) is 0 Å². The van der Waals surface area contributed by atoms with Crippen molar-refractivity contribution in [2.24, 2.45) is 0 Å². The molecule has 116 valence electrons. The zero-order valence-electron chi connectivity index (χ0n) is 13.0. The maximum Gasteiger partial charge on any atom is 0.319 e. The molecule has 6 nitrogen and oxygen atoms in total. The van der Waals surface area contributed by atoms with E-state index in [1.165, 1.54) is 0 Å². The number of nitrogens with one attached hydrogen (secondary N) is 2. The van der Waals surface area contributed by atoms with Crippen LogP contribution in [0.1, 0.15) is 20.8 Å². The Bertz CT molecular complexity index is 470. The number of carbonyl (C=O) groups excluding carboxylic acids is 2. The number of likely N-dealkylation sites (N-methyl/N-ethyl adjacent to an activating group) is 1. The van der Waals surface area contributed by atoms with E-state index in [0.717, 1.165) is 0 Å². The number of benzene rings is 1. The van der Waals surface area contributed by atoms with Crippen LogP contribution in [-0.4, -0.2) is 43.1 Å². The van der Waals surface area contributed by atoms with Crippen LogP contribution in [-0.2, 0) is 4.79 Å². The second-order valence-electron chi connectivity index (χ2n) is 4.56. The number of nitrogens with zero attached hydrogens (tertiary/aromatic N) is 1. The molecule has 1 atom stereocenters. The molecular formula is C15H23N3O3. The van der Waals surface area contributed by atoms with Crippen molar-refractivity contribution >= 4 is 17.6 Å². The first-order chi connectivity index (χ1) is 10.0. The van der Waals surface area contributed by atoms with Crippen molar-refractivity contribution in [1.82, 2.24) is 10.2 Å². The normalized spacial score (nSPS) is 11.4. The fourth-order valence-electron chi connectivity index (χ4n) is 1.91. The zero-order chi connectivity index (χ0) is 15.8. The van der Waals surface area contributed by atoms with Crippen LogP contribution in [0.3, 0.4) is 0 Å². The van der Waals surface area contributed by atoms with Gasteiger partial charge >= 0.3 is 6.03 Å². The topological polar surface area (TPSA) is 70.7 Å². The van der Waals surface area contributed by atoms with Crippen molar-refractivity contribution < 1.29 is 14.3 Å². The molecule has 1 aromatic rings. The molecule has 0 heterocycles. The molecule has 1 aromatic carbocycles. The minimum atomic E-state index is -0.567. The number of anilines is 1. The van der Waals surface area contributed by atoms with Crippen LogP contribution in [0.15, 0.2) is 24.3 Å². The summed E-state index contributed by atoms with van der Waals surface area (Å²) in [4.78, 5) is 25.6. The van der Waals surface area contributed by atoms with Crippen LogP contribution in [0.4, 0.5) is 10.5 Å².